The second-order valence-electron chi connectivity index (χ2n) is 7.03. The van der Waals surface area contributed by atoms with E-state index in [1.807, 2.05) is 36.4 Å². The fourth-order valence-corrected chi connectivity index (χ4v) is 3.32. The first-order valence-corrected chi connectivity index (χ1v) is 9.92. The van der Waals surface area contributed by atoms with E-state index < -0.39 is 0 Å². The highest BCUT2D eigenvalue weighted by atomic mass is 16.3. The lowest BCUT2D eigenvalue weighted by atomic mass is 10.0. The van der Waals surface area contributed by atoms with Gasteiger partial charge in [0.1, 0.15) is 22.5 Å². The number of hydrogen-bond acceptors (Lipinski definition) is 3. The summed E-state index contributed by atoms with van der Waals surface area (Å²) in [5.41, 5.74) is 3.55. The molecule has 0 bridgehead atoms. The Kier molecular flexibility index (Phi) is 6.64. The number of fused-ring (bicyclic) bond motifs is 1. The lowest BCUT2D eigenvalue weighted by Gasteiger charge is -2.07. The molecule has 138 valence electrons. The van der Waals surface area contributed by atoms with Gasteiger partial charge in [-0.25, -0.2) is 0 Å². The van der Waals surface area contributed by atoms with Gasteiger partial charge < -0.3 is 5.11 Å². The van der Waals surface area contributed by atoms with Gasteiger partial charge in [-0.15, -0.1) is 15.0 Å². The normalized spacial score (nSPS) is 11.3. The Labute approximate surface area is 155 Å². The van der Waals surface area contributed by atoms with E-state index in [1.54, 1.807) is 6.07 Å². The summed E-state index contributed by atoms with van der Waals surface area (Å²) in [6.07, 6.45) is 11.6. The van der Waals surface area contributed by atoms with Crippen LogP contribution in [0.5, 0.6) is 5.75 Å². The number of hydrogen-bond donors (Lipinski definition) is 1. The maximum Gasteiger partial charge on any atom is 0.143 e. The van der Waals surface area contributed by atoms with Gasteiger partial charge >= 0.3 is 0 Å². The SMILES string of the molecule is CCCCCCCCCCc1ccc(O)c(-n2nc3ccccc3n2)c1. The van der Waals surface area contributed by atoms with Crippen LogP contribution in [0.25, 0.3) is 16.7 Å². The number of phenols is 1. The van der Waals surface area contributed by atoms with Gasteiger partial charge in [0.15, 0.2) is 0 Å². The predicted octanol–water partition coefficient (Wildman–Crippen LogP) is 5.81. The molecule has 0 aliphatic rings. The van der Waals surface area contributed by atoms with E-state index in [9.17, 15) is 5.11 Å². The van der Waals surface area contributed by atoms with Gasteiger partial charge in [0.2, 0.25) is 0 Å². The number of unbranched alkanes of at least 4 members (excludes halogenated alkanes) is 7. The van der Waals surface area contributed by atoms with Crippen molar-refractivity contribution >= 4 is 11.0 Å². The van der Waals surface area contributed by atoms with Crippen LogP contribution in [0.3, 0.4) is 0 Å². The summed E-state index contributed by atoms with van der Waals surface area (Å²) in [4.78, 5) is 1.54. The molecular formula is C22H29N3O. The molecule has 26 heavy (non-hydrogen) atoms. The number of nitrogens with zero attached hydrogens (tertiary/aromatic N) is 3. The summed E-state index contributed by atoms with van der Waals surface area (Å²) >= 11 is 0. The molecule has 0 fully saturated rings. The number of phenolic OH excluding ortho intramolecular Hbond substituents is 1. The number of aromatic nitrogens is 3. The molecule has 0 amide bonds. The lowest BCUT2D eigenvalue weighted by Crippen LogP contribution is -2.00. The zero-order chi connectivity index (χ0) is 18.2. The van der Waals surface area contributed by atoms with Crippen molar-refractivity contribution in [1.29, 1.82) is 0 Å². The van der Waals surface area contributed by atoms with Crippen LogP contribution in [0.1, 0.15) is 63.9 Å². The number of benzene rings is 2. The first-order valence-electron chi connectivity index (χ1n) is 9.92. The number of aryl methyl sites for hydroxylation is 1. The Morgan fingerprint density at radius 3 is 2.08 bits per heavy atom. The summed E-state index contributed by atoms with van der Waals surface area (Å²) in [6.45, 7) is 2.26. The molecule has 4 nitrogen and oxygen atoms in total. The van der Waals surface area contributed by atoms with E-state index in [0.717, 1.165) is 17.5 Å². The van der Waals surface area contributed by atoms with Crippen molar-refractivity contribution in [3.05, 3.63) is 48.0 Å². The molecule has 0 saturated heterocycles. The maximum absolute atomic E-state index is 10.2. The second kappa shape index (κ2) is 9.37. The topological polar surface area (TPSA) is 50.9 Å². The number of rotatable bonds is 10. The minimum absolute atomic E-state index is 0.213. The standard InChI is InChI=1S/C22H29N3O/c1-2-3-4-5-6-7-8-9-12-18-15-16-22(26)21(17-18)25-23-19-13-10-11-14-20(19)24-25/h10-11,13-17,26H,2-9,12H2,1H3. The van der Waals surface area contributed by atoms with Gasteiger partial charge in [-0.3, -0.25) is 0 Å². The molecule has 2 aromatic carbocycles. The van der Waals surface area contributed by atoms with E-state index >= 15 is 0 Å². The summed E-state index contributed by atoms with van der Waals surface area (Å²) in [7, 11) is 0. The molecule has 0 aliphatic carbocycles. The zero-order valence-electron chi connectivity index (χ0n) is 15.7. The van der Waals surface area contributed by atoms with Gasteiger partial charge in [-0.2, -0.15) is 0 Å². The third-order valence-electron chi connectivity index (χ3n) is 4.86. The van der Waals surface area contributed by atoms with Crippen LogP contribution in [0.2, 0.25) is 0 Å². The van der Waals surface area contributed by atoms with Crippen LogP contribution in [-0.2, 0) is 6.42 Å². The molecule has 1 heterocycles. The highest BCUT2D eigenvalue weighted by molar-refractivity contribution is 5.73. The third-order valence-corrected chi connectivity index (χ3v) is 4.86. The summed E-state index contributed by atoms with van der Waals surface area (Å²) < 4.78 is 0. The number of aromatic hydroxyl groups is 1. The van der Waals surface area contributed by atoms with Crippen molar-refractivity contribution in [2.75, 3.05) is 0 Å². The zero-order valence-corrected chi connectivity index (χ0v) is 15.7. The minimum atomic E-state index is 0.213. The van der Waals surface area contributed by atoms with Gasteiger partial charge in [0.05, 0.1) is 0 Å². The molecule has 1 N–H and O–H groups in total. The van der Waals surface area contributed by atoms with E-state index in [0.29, 0.717) is 5.69 Å². The summed E-state index contributed by atoms with van der Waals surface area (Å²) in [6, 6.07) is 13.5. The van der Waals surface area contributed by atoms with Crippen LogP contribution in [0, 0.1) is 0 Å². The maximum atomic E-state index is 10.2. The minimum Gasteiger partial charge on any atom is -0.506 e. The average Bonchev–Trinajstić information content (AvgIpc) is 3.09. The Hall–Kier alpha value is -2.36. The van der Waals surface area contributed by atoms with E-state index in [-0.39, 0.29) is 5.75 Å². The monoisotopic (exact) mass is 351 g/mol. The molecule has 1 aromatic heterocycles. The van der Waals surface area contributed by atoms with Crippen LogP contribution >= 0.6 is 0 Å². The van der Waals surface area contributed by atoms with Crippen molar-refractivity contribution in [1.82, 2.24) is 15.0 Å². The smallest absolute Gasteiger partial charge is 0.143 e. The Morgan fingerprint density at radius 1 is 0.808 bits per heavy atom. The van der Waals surface area contributed by atoms with Crippen molar-refractivity contribution in [3.63, 3.8) is 0 Å². The van der Waals surface area contributed by atoms with Crippen molar-refractivity contribution in [2.45, 2.75) is 64.7 Å². The molecule has 0 spiro atoms. The van der Waals surface area contributed by atoms with E-state index in [4.69, 9.17) is 0 Å². The van der Waals surface area contributed by atoms with E-state index in [1.165, 1.54) is 61.7 Å². The van der Waals surface area contributed by atoms with Crippen molar-refractivity contribution in [3.8, 4) is 11.4 Å². The largest absolute Gasteiger partial charge is 0.506 e. The fraction of sp³-hybridized carbons (Fsp3) is 0.455. The quantitative estimate of drug-likeness (QED) is 0.469. The third kappa shape index (κ3) is 4.84. The predicted molar refractivity (Wildman–Crippen MR) is 107 cm³/mol. The molecule has 3 rings (SSSR count). The first kappa shape index (κ1) is 18.4. The van der Waals surface area contributed by atoms with Crippen LogP contribution in [0.15, 0.2) is 42.5 Å². The molecule has 0 radical (unpaired) electrons. The van der Waals surface area contributed by atoms with E-state index in [2.05, 4.69) is 17.1 Å². The highest BCUT2D eigenvalue weighted by Gasteiger charge is 2.09. The van der Waals surface area contributed by atoms with Crippen molar-refractivity contribution in [2.24, 2.45) is 0 Å². The molecule has 4 heteroatoms. The molecule has 0 aliphatic heterocycles. The summed E-state index contributed by atoms with van der Waals surface area (Å²) in [5.74, 6) is 0.213. The molecule has 0 unspecified atom stereocenters. The average molecular weight is 351 g/mol. The Bertz CT molecular complexity index is 792. The van der Waals surface area contributed by atoms with Crippen molar-refractivity contribution < 1.29 is 5.11 Å². The highest BCUT2D eigenvalue weighted by Crippen LogP contribution is 2.24. The van der Waals surface area contributed by atoms with Gasteiger partial charge in [0, 0.05) is 0 Å². The molecular weight excluding hydrogens is 322 g/mol. The van der Waals surface area contributed by atoms with Gasteiger partial charge in [0.25, 0.3) is 0 Å². The molecule has 0 atom stereocenters. The van der Waals surface area contributed by atoms with Crippen LogP contribution < -0.4 is 0 Å². The first-order chi connectivity index (χ1) is 12.8. The second-order valence-corrected chi connectivity index (χ2v) is 7.03. The van der Waals surface area contributed by atoms with Gasteiger partial charge in [-0.1, -0.05) is 70.1 Å². The lowest BCUT2D eigenvalue weighted by molar-refractivity contribution is 0.467. The molecule has 3 aromatic rings. The van der Waals surface area contributed by atoms with Crippen LogP contribution in [0.4, 0.5) is 0 Å². The Morgan fingerprint density at radius 2 is 1.42 bits per heavy atom. The van der Waals surface area contributed by atoms with Crippen LogP contribution in [-0.4, -0.2) is 20.1 Å². The van der Waals surface area contributed by atoms with Gasteiger partial charge in [-0.05, 0) is 42.7 Å². The molecule has 0 saturated carbocycles. The summed E-state index contributed by atoms with van der Waals surface area (Å²) in [5, 5.41) is 19.2. The fourth-order valence-electron chi connectivity index (χ4n) is 3.32. The Balaban J connectivity index is 1.56.